The molecule has 1 aliphatic rings. The van der Waals surface area contributed by atoms with Crippen LogP contribution in [0.5, 0.6) is 0 Å². The van der Waals surface area contributed by atoms with Crippen molar-refractivity contribution in [1.82, 2.24) is 0 Å². The molecule has 0 saturated heterocycles. The lowest BCUT2D eigenvalue weighted by Crippen LogP contribution is -2.33. The van der Waals surface area contributed by atoms with Gasteiger partial charge in [-0.3, -0.25) is 0 Å². The molecule has 1 aromatic heterocycles. The SMILES string of the molecule is c1ccc(C2(c3ccccc3)c3ccccc3-c3c4ccccc4c(-c4cccc5c4sc4ccccc45)c4cccc2c34)cc1. The third kappa shape index (κ3) is 3.33. The maximum atomic E-state index is 2.39. The zero-order valence-electron chi connectivity index (χ0n) is 25.1. The number of fused-ring (bicyclic) bond motifs is 7. The molecule has 9 aromatic rings. The van der Waals surface area contributed by atoms with Gasteiger partial charge < -0.3 is 0 Å². The van der Waals surface area contributed by atoms with Crippen LogP contribution in [0.3, 0.4) is 0 Å². The van der Waals surface area contributed by atoms with E-state index >= 15 is 0 Å². The van der Waals surface area contributed by atoms with Crippen molar-refractivity contribution < 1.29 is 0 Å². The summed E-state index contributed by atoms with van der Waals surface area (Å²) in [7, 11) is 0. The standard InChI is InChI=1S/C45H28S/c1-3-15-29(16-4-1)45(30-17-5-2-6-18-30)38-26-11-9-22-35(38)42-33-21-8-7-20-32(33)41(36-24-14-27-39(45)43(36)42)37-25-13-23-34-31-19-10-12-28-40(31)46-44(34)37/h1-28H. The first-order chi connectivity index (χ1) is 22.9. The van der Waals surface area contributed by atoms with E-state index in [0.29, 0.717) is 0 Å². The first-order valence-electron chi connectivity index (χ1n) is 15.9. The smallest absolute Gasteiger partial charge is 0.0713 e. The van der Waals surface area contributed by atoms with E-state index in [9.17, 15) is 0 Å². The van der Waals surface area contributed by atoms with Gasteiger partial charge in [-0.1, -0.05) is 164 Å². The summed E-state index contributed by atoms with van der Waals surface area (Å²) >= 11 is 1.91. The fourth-order valence-corrected chi connectivity index (χ4v) is 9.62. The highest BCUT2D eigenvalue weighted by Crippen LogP contribution is 2.58. The molecule has 214 valence electrons. The van der Waals surface area contributed by atoms with E-state index in [1.165, 1.54) is 86.2 Å². The minimum absolute atomic E-state index is 0.477. The van der Waals surface area contributed by atoms with Crippen molar-refractivity contribution in [3.63, 3.8) is 0 Å². The van der Waals surface area contributed by atoms with Crippen molar-refractivity contribution in [3.05, 3.63) is 192 Å². The van der Waals surface area contributed by atoms with Crippen LogP contribution in [0.4, 0.5) is 0 Å². The fraction of sp³-hybridized carbons (Fsp3) is 0.0222. The second-order valence-electron chi connectivity index (χ2n) is 12.3. The molecule has 1 heteroatoms. The lowest BCUT2D eigenvalue weighted by Gasteiger charge is -2.42. The highest BCUT2D eigenvalue weighted by molar-refractivity contribution is 7.26. The van der Waals surface area contributed by atoms with E-state index in [4.69, 9.17) is 0 Å². The Balaban J connectivity index is 1.45. The summed E-state index contributed by atoms with van der Waals surface area (Å²) in [5.41, 5.74) is 10.0. The summed E-state index contributed by atoms with van der Waals surface area (Å²) in [6, 6.07) is 63.2. The van der Waals surface area contributed by atoms with Crippen LogP contribution in [0.1, 0.15) is 22.3 Å². The molecule has 0 spiro atoms. The van der Waals surface area contributed by atoms with Gasteiger partial charge in [0.2, 0.25) is 0 Å². The molecule has 0 N–H and O–H groups in total. The Labute approximate surface area is 271 Å². The first kappa shape index (κ1) is 25.8. The molecule has 0 radical (unpaired) electrons. The Hall–Kier alpha value is -5.50. The summed E-state index contributed by atoms with van der Waals surface area (Å²) in [4.78, 5) is 0. The lowest BCUT2D eigenvalue weighted by molar-refractivity contribution is 0.750. The van der Waals surface area contributed by atoms with E-state index in [2.05, 4.69) is 170 Å². The van der Waals surface area contributed by atoms with Gasteiger partial charge >= 0.3 is 0 Å². The van der Waals surface area contributed by atoms with Gasteiger partial charge in [-0.2, -0.15) is 0 Å². The van der Waals surface area contributed by atoms with Crippen molar-refractivity contribution in [2.24, 2.45) is 0 Å². The monoisotopic (exact) mass is 600 g/mol. The van der Waals surface area contributed by atoms with Gasteiger partial charge in [0.15, 0.2) is 0 Å². The van der Waals surface area contributed by atoms with E-state index in [1.54, 1.807) is 0 Å². The minimum atomic E-state index is -0.477. The third-order valence-electron chi connectivity index (χ3n) is 10.1. The van der Waals surface area contributed by atoms with Gasteiger partial charge in [-0.05, 0) is 66.6 Å². The summed E-state index contributed by atoms with van der Waals surface area (Å²) < 4.78 is 2.68. The topological polar surface area (TPSA) is 0 Å². The molecule has 0 nitrogen and oxygen atoms in total. The van der Waals surface area contributed by atoms with Crippen LogP contribution in [0.25, 0.3) is 64.0 Å². The molecule has 0 unspecified atom stereocenters. The van der Waals surface area contributed by atoms with Gasteiger partial charge in [0.05, 0.1) is 5.41 Å². The van der Waals surface area contributed by atoms with Crippen molar-refractivity contribution in [2.75, 3.05) is 0 Å². The van der Waals surface area contributed by atoms with E-state index in [0.717, 1.165) is 0 Å². The Kier molecular flexibility index (Phi) is 5.47. The molecule has 46 heavy (non-hydrogen) atoms. The van der Waals surface area contributed by atoms with Crippen molar-refractivity contribution in [1.29, 1.82) is 0 Å². The van der Waals surface area contributed by atoms with Crippen molar-refractivity contribution in [2.45, 2.75) is 5.41 Å². The molecule has 1 aliphatic carbocycles. The number of hydrogen-bond acceptors (Lipinski definition) is 1. The molecule has 0 saturated carbocycles. The maximum Gasteiger partial charge on any atom is 0.0713 e. The minimum Gasteiger partial charge on any atom is -0.135 e. The zero-order valence-corrected chi connectivity index (χ0v) is 25.9. The Morgan fingerprint density at radius 3 is 1.63 bits per heavy atom. The summed E-state index contributed by atoms with van der Waals surface area (Å²) in [5, 5.41) is 7.92. The molecular weight excluding hydrogens is 573 g/mol. The number of hydrogen-bond donors (Lipinski definition) is 0. The Morgan fingerprint density at radius 2 is 0.870 bits per heavy atom. The van der Waals surface area contributed by atoms with Crippen LogP contribution in [-0.2, 0) is 5.41 Å². The van der Waals surface area contributed by atoms with E-state index < -0.39 is 5.41 Å². The summed E-state index contributed by atoms with van der Waals surface area (Å²) in [5.74, 6) is 0. The van der Waals surface area contributed by atoms with Crippen molar-refractivity contribution in [3.8, 4) is 22.3 Å². The quantitative estimate of drug-likeness (QED) is 0.177. The van der Waals surface area contributed by atoms with E-state index in [1.807, 2.05) is 11.3 Å². The van der Waals surface area contributed by atoms with Gasteiger partial charge in [-0.25, -0.2) is 0 Å². The Morgan fingerprint density at radius 1 is 0.348 bits per heavy atom. The van der Waals surface area contributed by atoms with Crippen LogP contribution >= 0.6 is 11.3 Å². The molecule has 1 heterocycles. The highest BCUT2D eigenvalue weighted by atomic mass is 32.1. The van der Waals surface area contributed by atoms with Crippen LogP contribution < -0.4 is 0 Å². The number of rotatable bonds is 3. The third-order valence-corrected chi connectivity index (χ3v) is 11.4. The van der Waals surface area contributed by atoms with Gasteiger partial charge in [0.1, 0.15) is 0 Å². The number of benzene rings is 8. The predicted octanol–water partition coefficient (Wildman–Crippen LogP) is 12.4. The van der Waals surface area contributed by atoms with Crippen LogP contribution in [0, 0.1) is 0 Å². The average molecular weight is 601 g/mol. The Bertz CT molecular complexity index is 2590. The van der Waals surface area contributed by atoms with Gasteiger partial charge in [-0.15, -0.1) is 11.3 Å². The lowest BCUT2D eigenvalue weighted by atomic mass is 9.59. The second-order valence-corrected chi connectivity index (χ2v) is 13.4. The second kappa shape index (κ2) is 9.75. The normalized spacial score (nSPS) is 13.4. The fourth-order valence-electron chi connectivity index (χ4n) is 8.39. The van der Waals surface area contributed by atoms with Crippen LogP contribution in [-0.4, -0.2) is 0 Å². The molecule has 0 bridgehead atoms. The maximum absolute atomic E-state index is 2.39. The molecule has 0 fully saturated rings. The van der Waals surface area contributed by atoms with Crippen LogP contribution in [0.2, 0.25) is 0 Å². The summed E-state index contributed by atoms with van der Waals surface area (Å²) in [6.07, 6.45) is 0. The molecular formula is C45H28S. The predicted molar refractivity (Wildman–Crippen MR) is 197 cm³/mol. The van der Waals surface area contributed by atoms with Crippen molar-refractivity contribution >= 4 is 53.1 Å². The summed E-state index contributed by atoms with van der Waals surface area (Å²) in [6.45, 7) is 0. The highest BCUT2D eigenvalue weighted by Gasteiger charge is 2.44. The molecule has 10 rings (SSSR count). The number of thiophene rings is 1. The van der Waals surface area contributed by atoms with E-state index in [-0.39, 0.29) is 0 Å². The molecule has 8 aromatic carbocycles. The molecule has 0 amide bonds. The van der Waals surface area contributed by atoms with Crippen LogP contribution in [0.15, 0.2) is 170 Å². The first-order valence-corrected chi connectivity index (χ1v) is 16.8. The largest absolute Gasteiger partial charge is 0.135 e. The van der Waals surface area contributed by atoms with Gasteiger partial charge in [0.25, 0.3) is 0 Å². The average Bonchev–Trinajstić information content (AvgIpc) is 3.52. The zero-order chi connectivity index (χ0) is 30.2. The molecule has 0 atom stereocenters. The molecule has 0 aliphatic heterocycles. The van der Waals surface area contributed by atoms with Gasteiger partial charge in [0, 0.05) is 25.7 Å².